The molecule has 0 fully saturated rings. The SMILES string of the molecule is CCOc1cccc(CN[C@@H](c2ccccc2)c2n[nH]c(C)n2)c1. The van der Waals surface area contributed by atoms with E-state index in [1.807, 2.05) is 44.2 Å². The first-order chi connectivity index (χ1) is 11.8. The molecule has 0 unspecified atom stereocenters. The quantitative estimate of drug-likeness (QED) is 0.700. The average Bonchev–Trinajstić information content (AvgIpc) is 3.03. The summed E-state index contributed by atoms with van der Waals surface area (Å²) in [6.07, 6.45) is 0. The molecule has 0 radical (unpaired) electrons. The van der Waals surface area contributed by atoms with Gasteiger partial charge in [-0.1, -0.05) is 42.5 Å². The van der Waals surface area contributed by atoms with Gasteiger partial charge in [-0.3, -0.25) is 10.4 Å². The van der Waals surface area contributed by atoms with Crippen molar-refractivity contribution < 1.29 is 4.74 Å². The molecule has 0 aliphatic rings. The molecule has 124 valence electrons. The fraction of sp³-hybridized carbons (Fsp3) is 0.263. The number of nitrogens with zero attached hydrogens (tertiary/aromatic N) is 2. The maximum Gasteiger partial charge on any atom is 0.172 e. The third-order valence-corrected chi connectivity index (χ3v) is 3.73. The Hall–Kier alpha value is -2.66. The predicted octanol–water partition coefficient (Wildman–Crippen LogP) is 3.39. The number of aromatic nitrogens is 3. The van der Waals surface area contributed by atoms with Gasteiger partial charge in [-0.25, -0.2) is 4.98 Å². The molecule has 5 heteroatoms. The molecule has 3 rings (SSSR count). The van der Waals surface area contributed by atoms with Crippen LogP contribution in [0.1, 0.15) is 35.7 Å². The number of hydrogen-bond acceptors (Lipinski definition) is 4. The highest BCUT2D eigenvalue weighted by molar-refractivity contribution is 5.29. The lowest BCUT2D eigenvalue weighted by atomic mass is 10.1. The number of aromatic amines is 1. The molecule has 2 aromatic carbocycles. The predicted molar refractivity (Wildman–Crippen MR) is 93.9 cm³/mol. The van der Waals surface area contributed by atoms with E-state index in [2.05, 4.69) is 44.8 Å². The molecule has 24 heavy (non-hydrogen) atoms. The Morgan fingerprint density at radius 1 is 1.12 bits per heavy atom. The summed E-state index contributed by atoms with van der Waals surface area (Å²) in [5.74, 6) is 2.45. The van der Waals surface area contributed by atoms with Crippen molar-refractivity contribution in [2.45, 2.75) is 26.4 Å². The molecule has 3 aromatic rings. The van der Waals surface area contributed by atoms with Crippen LogP contribution in [0.2, 0.25) is 0 Å². The number of H-pyrrole nitrogens is 1. The maximum atomic E-state index is 5.57. The van der Waals surface area contributed by atoms with Gasteiger partial charge in [0.2, 0.25) is 0 Å². The van der Waals surface area contributed by atoms with Crippen LogP contribution in [0, 0.1) is 6.92 Å². The van der Waals surface area contributed by atoms with Crippen LogP contribution in [0.15, 0.2) is 54.6 Å². The molecule has 2 N–H and O–H groups in total. The highest BCUT2D eigenvalue weighted by atomic mass is 16.5. The highest BCUT2D eigenvalue weighted by Crippen LogP contribution is 2.20. The van der Waals surface area contributed by atoms with Crippen molar-refractivity contribution in [3.8, 4) is 5.75 Å². The monoisotopic (exact) mass is 322 g/mol. The molecular weight excluding hydrogens is 300 g/mol. The fourth-order valence-electron chi connectivity index (χ4n) is 2.62. The topological polar surface area (TPSA) is 62.8 Å². The van der Waals surface area contributed by atoms with E-state index in [1.165, 1.54) is 0 Å². The Kier molecular flexibility index (Phi) is 5.23. The molecule has 1 atom stereocenters. The van der Waals surface area contributed by atoms with Crippen molar-refractivity contribution >= 4 is 0 Å². The van der Waals surface area contributed by atoms with Crippen LogP contribution in [0.3, 0.4) is 0 Å². The van der Waals surface area contributed by atoms with Crippen molar-refractivity contribution in [1.82, 2.24) is 20.5 Å². The smallest absolute Gasteiger partial charge is 0.172 e. The van der Waals surface area contributed by atoms with Crippen LogP contribution in [0.4, 0.5) is 0 Å². The minimum Gasteiger partial charge on any atom is -0.494 e. The lowest BCUT2D eigenvalue weighted by molar-refractivity contribution is 0.339. The largest absolute Gasteiger partial charge is 0.494 e. The third kappa shape index (κ3) is 4.00. The number of nitrogens with one attached hydrogen (secondary N) is 2. The Labute approximate surface area is 142 Å². The zero-order valence-electron chi connectivity index (χ0n) is 14.0. The molecule has 0 aliphatic heterocycles. The normalized spacial score (nSPS) is 12.1. The minimum absolute atomic E-state index is 0.0631. The molecule has 0 amide bonds. The molecule has 0 saturated heterocycles. The van der Waals surface area contributed by atoms with E-state index in [4.69, 9.17) is 4.74 Å². The zero-order valence-corrected chi connectivity index (χ0v) is 14.0. The molecule has 1 heterocycles. The Morgan fingerprint density at radius 2 is 1.96 bits per heavy atom. The van der Waals surface area contributed by atoms with E-state index < -0.39 is 0 Å². The van der Waals surface area contributed by atoms with Crippen LogP contribution < -0.4 is 10.1 Å². The summed E-state index contributed by atoms with van der Waals surface area (Å²) in [6, 6.07) is 18.3. The van der Waals surface area contributed by atoms with E-state index in [-0.39, 0.29) is 6.04 Å². The third-order valence-electron chi connectivity index (χ3n) is 3.73. The Bertz CT molecular complexity index is 770. The summed E-state index contributed by atoms with van der Waals surface area (Å²) in [5.41, 5.74) is 2.30. The Balaban J connectivity index is 1.79. The van der Waals surface area contributed by atoms with Crippen LogP contribution in [-0.4, -0.2) is 21.8 Å². The standard InChI is InChI=1S/C19H22N4O/c1-3-24-17-11-7-8-15(12-17)13-20-18(16-9-5-4-6-10-16)19-21-14(2)22-23-19/h4-12,18,20H,3,13H2,1-2H3,(H,21,22,23)/t18-/m0/s1. The van der Waals surface area contributed by atoms with Gasteiger partial charge in [0.05, 0.1) is 12.6 Å². The minimum atomic E-state index is -0.0631. The summed E-state index contributed by atoms with van der Waals surface area (Å²) in [6.45, 7) is 5.26. The van der Waals surface area contributed by atoms with Gasteiger partial charge in [0, 0.05) is 6.54 Å². The van der Waals surface area contributed by atoms with Gasteiger partial charge >= 0.3 is 0 Å². The van der Waals surface area contributed by atoms with Gasteiger partial charge in [-0.05, 0) is 37.1 Å². The van der Waals surface area contributed by atoms with Gasteiger partial charge in [0.25, 0.3) is 0 Å². The zero-order chi connectivity index (χ0) is 16.8. The van der Waals surface area contributed by atoms with Crippen molar-refractivity contribution in [1.29, 1.82) is 0 Å². The van der Waals surface area contributed by atoms with E-state index in [1.54, 1.807) is 0 Å². The second kappa shape index (κ2) is 7.75. The van der Waals surface area contributed by atoms with Gasteiger partial charge in [0.1, 0.15) is 11.6 Å². The van der Waals surface area contributed by atoms with Gasteiger partial charge in [-0.2, -0.15) is 5.10 Å². The van der Waals surface area contributed by atoms with Crippen molar-refractivity contribution in [2.24, 2.45) is 0 Å². The molecule has 0 spiro atoms. The molecule has 0 saturated carbocycles. The number of benzene rings is 2. The van der Waals surface area contributed by atoms with Crippen molar-refractivity contribution in [3.05, 3.63) is 77.4 Å². The molecule has 1 aromatic heterocycles. The fourth-order valence-corrected chi connectivity index (χ4v) is 2.62. The Morgan fingerprint density at radius 3 is 2.67 bits per heavy atom. The van der Waals surface area contributed by atoms with Crippen molar-refractivity contribution in [3.63, 3.8) is 0 Å². The summed E-state index contributed by atoms with van der Waals surface area (Å²) >= 11 is 0. The van der Waals surface area contributed by atoms with Crippen LogP contribution in [0.5, 0.6) is 5.75 Å². The van der Waals surface area contributed by atoms with Gasteiger partial charge < -0.3 is 4.74 Å². The first-order valence-corrected chi connectivity index (χ1v) is 8.15. The molecule has 0 bridgehead atoms. The van der Waals surface area contributed by atoms with E-state index >= 15 is 0 Å². The molecule has 0 aliphatic carbocycles. The lowest BCUT2D eigenvalue weighted by Crippen LogP contribution is -2.23. The molecular formula is C19H22N4O. The van der Waals surface area contributed by atoms with Crippen molar-refractivity contribution in [2.75, 3.05) is 6.61 Å². The lowest BCUT2D eigenvalue weighted by Gasteiger charge is -2.16. The van der Waals surface area contributed by atoms with Gasteiger partial charge in [0.15, 0.2) is 5.82 Å². The van der Waals surface area contributed by atoms with Crippen LogP contribution >= 0.6 is 0 Å². The summed E-state index contributed by atoms with van der Waals surface area (Å²) in [5, 5.41) is 10.8. The maximum absolute atomic E-state index is 5.57. The van der Waals surface area contributed by atoms with Gasteiger partial charge in [-0.15, -0.1) is 0 Å². The van der Waals surface area contributed by atoms with Crippen LogP contribution in [0.25, 0.3) is 0 Å². The highest BCUT2D eigenvalue weighted by Gasteiger charge is 2.17. The number of rotatable bonds is 7. The summed E-state index contributed by atoms with van der Waals surface area (Å²) in [7, 11) is 0. The molecule has 5 nitrogen and oxygen atoms in total. The number of ether oxygens (including phenoxy) is 1. The average molecular weight is 322 g/mol. The summed E-state index contributed by atoms with van der Waals surface area (Å²) in [4.78, 5) is 4.49. The van der Waals surface area contributed by atoms with E-state index in [9.17, 15) is 0 Å². The summed E-state index contributed by atoms with van der Waals surface area (Å²) < 4.78 is 5.57. The van der Waals surface area contributed by atoms with E-state index in [0.717, 1.165) is 28.5 Å². The van der Waals surface area contributed by atoms with Crippen LogP contribution in [-0.2, 0) is 6.54 Å². The number of hydrogen-bond donors (Lipinski definition) is 2. The first-order valence-electron chi connectivity index (χ1n) is 8.15. The first kappa shape index (κ1) is 16.2. The van der Waals surface area contributed by atoms with E-state index in [0.29, 0.717) is 13.2 Å². The second-order valence-electron chi connectivity index (χ2n) is 5.58. The number of aryl methyl sites for hydroxylation is 1. The second-order valence-corrected chi connectivity index (χ2v) is 5.58.